The number of aliphatic hydroxyl groups is 1. The van der Waals surface area contributed by atoms with Crippen molar-refractivity contribution >= 4 is 5.78 Å². The van der Waals surface area contributed by atoms with Gasteiger partial charge in [-0.25, -0.2) is 0 Å². The largest absolute Gasteiger partial charge is 0.392 e. The first-order chi connectivity index (χ1) is 14.4. The highest BCUT2D eigenvalue weighted by molar-refractivity contribution is 5.86. The van der Waals surface area contributed by atoms with E-state index in [4.69, 9.17) is 0 Å². The summed E-state index contributed by atoms with van der Waals surface area (Å²) in [5.41, 5.74) is 7.93. The zero-order valence-electron chi connectivity index (χ0n) is 19.2. The Balaban J connectivity index is 0.000000171. The Hall–Kier alpha value is -1.93. The van der Waals surface area contributed by atoms with E-state index in [9.17, 15) is 9.90 Å². The molecule has 2 aliphatic rings. The first kappa shape index (κ1) is 22.7. The van der Waals surface area contributed by atoms with Crippen molar-refractivity contribution in [3.8, 4) is 0 Å². The standard InChI is InChI=1S/C14H20O.C14H18O/c2*1-10-6-5-8-12(11(10)2)13-7-3-4-9-14(13)15/h5-6,8,13-15H,3-4,7,9H2,1-2H3;5-6,8,13H,3-4,7,9H2,1-2H3. The van der Waals surface area contributed by atoms with Crippen LogP contribution in [0, 0.1) is 27.7 Å². The summed E-state index contributed by atoms with van der Waals surface area (Å²) in [6.45, 7) is 8.57. The van der Waals surface area contributed by atoms with E-state index in [2.05, 4.69) is 64.1 Å². The summed E-state index contributed by atoms with van der Waals surface area (Å²) in [6, 6.07) is 12.7. The van der Waals surface area contributed by atoms with Crippen molar-refractivity contribution in [1.29, 1.82) is 0 Å². The van der Waals surface area contributed by atoms with Gasteiger partial charge in [-0.2, -0.15) is 0 Å². The number of carbonyl (C=O) groups is 1. The van der Waals surface area contributed by atoms with Crippen molar-refractivity contribution in [2.75, 3.05) is 0 Å². The molecular formula is C28H38O2. The summed E-state index contributed by atoms with van der Waals surface area (Å²) in [6.07, 6.45) is 8.53. The van der Waals surface area contributed by atoms with Gasteiger partial charge in [-0.1, -0.05) is 55.7 Å². The fourth-order valence-electron chi connectivity index (χ4n) is 5.11. The topological polar surface area (TPSA) is 37.3 Å². The van der Waals surface area contributed by atoms with Gasteiger partial charge >= 0.3 is 0 Å². The van der Waals surface area contributed by atoms with Gasteiger partial charge < -0.3 is 5.11 Å². The SMILES string of the molecule is Cc1cccc(C2CCCCC2=O)c1C.Cc1cccc(C2CCCCC2O)c1C. The van der Waals surface area contributed by atoms with E-state index in [1.54, 1.807) is 0 Å². The third kappa shape index (κ3) is 5.21. The predicted octanol–water partition coefficient (Wildman–Crippen LogP) is 6.85. The van der Waals surface area contributed by atoms with E-state index in [0.717, 1.165) is 32.1 Å². The number of aliphatic hydroxyl groups excluding tert-OH is 1. The molecule has 0 saturated heterocycles. The molecule has 3 unspecified atom stereocenters. The van der Waals surface area contributed by atoms with Crippen molar-refractivity contribution < 1.29 is 9.90 Å². The molecule has 2 heteroatoms. The highest BCUT2D eigenvalue weighted by Crippen LogP contribution is 2.35. The molecule has 0 aromatic heterocycles. The number of ketones is 1. The smallest absolute Gasteiger partial charge is 0.140 e. The van der Waals surface area contributed by atoms with Gasteiger partial charge in [0, 0.05) is 18.3 Å². The normalized spacial score (nSPS) is 24.2. The van der Waals surface area contributed by atoms with Gasteiger partial charge in [0.2, 0.25) is 0 Å². The second kappa shape index (κ2) is 10.4. The van der Waals surface area contributed by atoms with Crippen LogP contribution in [0.2, 0.25) is 0 Å². The zero-order valence-corrected chi connectivity index (χ0v) is 19.2. The van der Waals surface area contributed by atoms with Crippen molar-refractivity contribution in [1.82, 2.24) is 0 Å². The molecule has 2 aromatic rings. The Labute approximate surface area is 182 Å². The van der Waals surface area contributed by atoms with E-state index < -0.39 is 0 Å². The zero-order chi connectivity index (χ0) is 21.7. The summed E-state index contributed by atoms with van der Waals surface area (Å²) in [4.78, 5) is 11.9. The van der Waals surface area contributed by atoms with Crippen LogP contribution in [0.25, 0.3) is 0 Å². The summed E-state index contributed by atoms with van der Waals surface area (Å²) >= 11 is 0. The van der Waals surface area contributed by atoms with Crippen LogP contribution in [0.5, 0.6) is 0 Å². The average Bonchev–Trinajstić information content (AvgIpc) is 2.74. The number of hydrogen-bond acceptors (Lipinski definition) is 2. The molecule has 0 aliphatic heterocycles. The fourth-order valence-corrected chi connectivity index (χ4v) is 5.11. The molecule has 2 aliphatic carbocycles. The lowest BCUT2D eigenvalue weighted by atomic mass is 9.79. The van der Waals surface area contributed by atoms with Crippen molar-refractivity contribution in [2.24, 2.45) is 0 Å². The van der Waals surface area contributed by atoms with Crippen LogP contribution >= 0.6 is 0 Å². The van der Waals surface area contributed by atoms with Gasteiger partial charge in [0.25, 0.3) is 0 Å². The predicted molar refractivity (Wildman–Crippen MR) is 125 cm³/mol. The molecule has 2 fully saturated rings. The van der Waals surface area contributed by atoms with Gasteiger partial charge in [-0.15, -0.1) is 0 Å². The molecule has 2 nitrogen and oxygen atoms in total. The second-order valence-corrected chi connectivity index (χ2v) is 9.30. The maximum absolute atomic E-state index is 11.9. The molecule has 0 heterocycles. The molecule has 0 radical (unpaired) electrons. The maximum Gasteiger partial charge on any atom is 0.140 e. The van der Waals surface area contributed by atoms with E-state index >= 15 is 0 Å². The number of benzene rings is 2. The number of carbonyl (C=O) groups excluding carboxylic acids is 1. The Bertz CT molecular complexity index is 867. The minimum Gasteiger partial charge on any atom is -0.392 e. The molecule has 4 rings (SSSR count). The van der Waals surface area contributed by atoms with Gasteiger partial charge in [-0.05, 0) is 86.8 Å². The molecule has 0 spiro atoms. The Morgan fingerprint density at radius 2 is 1.30 bits per heavy atom. The number of hydrogen-bond donors (Lipinski definition) is 1. The third-order valence-electron chi connectivity index (χ3n) is 7.35. The molecule has 2 aromatic carbocycles. The first-order valence-electron chi connectivity index (χ1n) is 11.7. The van der Waals surface area contributed by atoms with Gasteiger partial charge in [0.1, 0.15) is 5.78 Å². The van der Waals surface area contributed by atoms with Gasteiger partial charge in [0.15, 0.2) is 0 Å². The van der Waals surface area contributed by atoms with Crippen molar-refractivity contribution in [3.63, 3.8) is 0 Å². The minimum atomic E-state index is -0.126. The quantitative estimate of drug-likeness (QED) is 0.592. The number of aryl methyl sites for hydroxylation is 2. The van der Waals surface area contributed by atoms with Crippen LogP contribution < -0.4 is 0 Å². The summed E-state index contributed by atoms with van der Waals surface area (Å²) in [5.74, 6) is 0.993. The van der Waals surface area contributed by atoms with Gasteiger partial charge in [0.05, 0.1) is 6.10 Å². The Morgan fingerprint density at radius 3 is 1.93 bits per heavy atom. The third-order valence-corrected chi connectivity index (χ3v) is 7.35. The van der Waals surface area contributed by atoms with Crippen LogP contribution in [0.4, 0.5) is 0 Å². The monoisotopic (exact) mass is 406 g/mol. The van der Waals surface area contributed by atoms with E-state index in [1.807, 2.05) is 0 Å². The van der Waals surface area contributed by atoms with E-state index in [1.165, 1.54) is 52.6 Å². The summed E-state index contributed by atoms with van der Waals surface area (Å²) in [7, 11) is 0. The molecule has 30 heavy (non-hydrogen) atoms. The summed E-state index contributed by atoms with van der Waals surface area (Å²) in [5, 5.41) is 10.0. The van der Waals surface area contributed by atoms with Crippen molar-refractivity contribution in [3.05, 3.63) is 69.8 Å². The van der Waals surface area contributed by atoms with Gasteiger partial charge in [-0.3, -0.25) is 4.79 Å². The van der Waals surface area contributed by atoms with Crippen LogP contribution in [0.15, 0.2) is 36.4 Å². The van der Waals surface area contributed by atoms with Crippen LogP contribution in [-0.2, 0) is 4.79 Å². The lowest BCUT2D eigenvalue weighted by Gasteiger charge is -2.29. The first-order valence-corrected chi connectivity index (χ1v) is 11.7. The highest BCUT2D eigenvalue weighted by Gasteiger charge is 2.26. The molecule has 0 bridgehead atoms. The number of Topliss-reactive ketones (excluding diaryl/α,β-unsaturated/α-hetero) is 1. The average molecular weight is 407 g/mol. The molecule has 0 amide bonds. The van der Waals surface area contributed by atoms with Crippen molar-refractivity contribution in [2.45, 2.75) is 97.0 Å². The fraction of sp³-hybridized carbons (Fsp3) is 0.536. The molecule has 162 valence electrons. The maximum atomic E-state index is 11.9. The Kier molecular flexibility index (Phi) is 7.88. The van der Waals surface area contributed by atoms with E-state index in [0.29, 0.717) is 11.7 Å². The van der Waals surface area contributed by atoms with Crippen LogP contribution in [-0.4, -0.2) is 17.0 Å². The molecular weight excluding hydrogens is 368 g/mol. The lowest BCUT2D eigenvalue weighted by molar-refractivity contribution is -0.121. The molecule has 2 saturated carbocycles. The highest BCUT2D eigenvalue weighted by atomic mass is 16.3. The number of rotatable bonds is 2. The van der Waals surface area contributed by atoms with E-state index in [-0.39, 0.29) is 12.0 Å². The molecule has 3 atom stereocenters. The Morgan fingerprint density at radius 1 is 0.733 bits per heavy atom. The van der Waals surface area contributed by atoms with Crippen LogP contribution in [0.3, 0.4) is 0 Å². The summed E-state index contributed by atoms with van der Waals surface area (Å²) < 4.78 is 0. The minimum absolute atomic E-state index is 0.126. The van der Waals surface area contributed by atoms with Crippen LogP contribution in [0.1, 0.15) is 96.6 Å². The lowest BCUT2D eigenvalue weighted by Crippen LogP contribution is -2.23. The molecule has 1 N–H and O–H groups in total. The second-order valence-electron chi connectivity index (χ2n) is 9.30.